The Bertz CT molecular complexity index is 565. The molecule has 0 aliphatic rings. The van der Waals surface area contributed by atoms with Crippen LogP contribution in [0, 0.1) is 11.6 Å². The van der Waals surface area contributed by atoms with Gasteiger partial charge in [0.05, 0.1) is 0 Å². The molecular weight excluding hydrogens is 252 g/mol. The van der Waals surface area contributed by atoms with Crippen molar-refractivity contribution in [2.24, 2.45) is 0 Å². The maximum absolute atomic E-state index is 13.3. The first-order valence-corrected chi connectivity index (χ1v) is 4.84. The SMILES string of the molecule is Nc1c(Cl)ncnc1Oc1ccc(F)cc1F. The minimum absolute atomic E-state index is 0.00230. The number of rotatable bonds is 2. The average Bonchev–Trinajstić information content (AvgIpc) is 2.28. The third-order valence-electron chi connectivity index (χ3n) is 1.90. The smallest absolute Gasteiger partial charge is 0.247 e. The minimum Gasteiger partial charge on any atom is -0.434 e. The van der Waals surface area contributed by atoms with Gasteiger partial charge in [0.2, 0.25) is 5.88 Å². The molecule has 2 N–H and O–H groups in total. The summed E-state index contributed by atoms with van der Waals surface area (Å²) in [6, 6.07) is 2.87. The number of hydrogen-bond donors (Lipinski definition) is 1. The van der Waals surface area contributed by atoms with E-state index in [1.54, 1.807) is 0 Å². The van der Waals surface area contributed by atoms with Gasteiger partial charge in [0.25, 0.3) is 0 Å². The Hall–Kier alpha value is -1.95. The lowest BCUT2D eigenvalue weighted by molar-refractivity contribution is 0.425. The summed E-state index contributed by atoms with van der Waals surface area (Å²) in [5.74, 6) is -1.86. The highest BCUT2D eigenvalue weighted by atomic mass is 35.5. The Morgan fingerprint density at radius 2 is 2.00 bits per heavy atom. The standard InChI is InChI=1S/C10H6ClF2N3O/c11-9-8(14)10(16-4-15-9)17-7-2-1-5(12)3-6(7)13/h1-4H,14H2. The van der Waals surface area contributed by atoms with Crippen molar-refractivity contribution >= 4 is 17.3 Å². The molecule has 1 aromatic carbocycles. The molecule has 1 aromatic heterocycles. The third-order valence-corrected chi connectivity index (χ3v) is 2.20. The van der Waals surface area contributed by atoms with E-state index in [1.807, 2.05) is 0 Å². The lowest BCUT2D eigenvalue weighted by atomic mass is 10.3. The molecule has 2 aromatic rings. The van der Waals surface area contributed by atoms with Crippen LogP contribution in [0.4, 0.5) is 14.5 Å². The van der Waals surface area contributed by atoms with Crippen LogP contribution in [0.25, 0.3) is 0 Å². The van der Waals surface area contributed by atoms with Crippen molar-refractivity contribution in [2.45, 2.75) is 0 Å². The molecule has 7 heteroatoms. The second-order valence-corrected chi connectivity index (χ2v) is 3.42. The van der Waals surface area contributed by atoms with E-state index >= 15 is 0 Å². The number of aromatic nitrogens is 2. The normalized spacial score (nSPS) is 10.3. The number of nitrogen functional groups attached to an aromatic ring is 1. The van der Waals surface area contributed by atoms with Crippen LogP contribution in [0.5, 0.6) is 11.6 Å². The van der Waals surface area contributed by atoms with Gasteiger partial charge in [-0.05, 0) is 12.1 Å². The van der Waals surface area contributed by atoms with Crippen LogP contribution >= 0.6 is 11.6 Å². The summed E-state index contributed by atoms with van der Waals surface area (Å²) >= 11 is 5.64. The number of nitrogens with two attached hydrogens (primary N) is 1. The average molecular weight is 258 g/mol. The third kappa shape index (κ3) is 2.42. The van der Waals surface area contributed by atoms with E-state index in [0.29, 0.717) is 6.07 Å². The molecular formula is C10H6ClF2N3O. The van der Waals surface area contributed by atoms with Crippen molar-refractivity contribution in [1.82, 2.24) is 9.97 Å². The largest absolute Gasteiger partial charge is 0.434 e. The zero-order valence-corrected chi connectivity index (χ0v) is 9.08. The van der Waals surface area contributed by atoms with Crippen molar-refractivity contribution in [3.05, 3.63) is 41.3 Å². The molecule has 0 aliphatic carbocycles. The fraction of sp³-hybridized carbons (Fsp3) is 0. The summed E-state index contributed by atoms with van der Waals surface area (Å²) in [4.78, 5) is 7.31. The second-order valence-electron chi connectivity index (χ2n) is 3.06. The van der Waals surface area contributed by atoms with Gasteiger partial charge in [0.15, 0.2) is 16.7 Å². The van der Waals surface area contributed by atoms with Crippen LogP contribution in [-0.2, 0) is 0 Å². The van der Waals surface area contributed by atoms with Crippen LogP contribution in [-0.4, -0.2) is 9.97 Å². The van der Waals surface area contributed by atoms with E-state index in [0.717, 1.165) is 18.5 Å². The molecule has 88 valence electrons. The Morgan fingerprint density at radius 1 is 1.24 bits per heavy atom. The lowest BCUT2D eigenvalue weighted by Gasteiger charge is -2.08. The number of nitrogens with zero attached hydrogens (tertiary/aromatic N) is 2. The first-order chi connectivity index (χ1) is 8.08. The highest BCUT2D eigenvalue weighted by Crippen LogP contribution is 2.30. The highest BCUT2D eigenvalue weighted by Gasteiger charge is 2.11. The zero-order valence-electron chi connectivity index (χ0n) is 8.32. The summed E-state index contributed by atoms with van der Waals surface area (Å²) in [7, 11) is 0. The van der Waals surface area contributed by atoms with E-state index in [4.69, 9.17) is 22.1 Å². The van der Waals surface area contributed by atoms with Gasteiger partial charge in [0.1, 0.15) is 17.8 Å². The predicted octanol–water partition coefficient (Wildman–Crippen LogP) is 2.78. The molecule has 0 atom stereocenters. The molecule has 0 saturated carbocycles. The van der Waals surface area contributed by atoms with Gasteiger partial charge < -0.3 is 10.5 Å². The van der Waals surface area contributed by atoms with Gasteiger partial charge in [0, 0.05) is 6.07 Å². The van der Waals surface area contributed by atoms with Gasteiger partial charge in [-0.2, -0.15) is 4.98 Å². The van der Waals surface area contributed by atoms with Crippen molar-refractivity contribution in [1.29, 1.82) is 0 Å². The zero-order chi connectivity index (χ0) is 12.4. The molecule has 2 rings (SSSR count). The second kappa shape index (κ2) is 4.50. The molecule has 0 saturated heterocycles. The van der Waals surface area contributed by atoms with Crippen molar-refractivity contribution in [3.8, 4) is 11.6 Å². The number of halogens is 3. The molecule has 17 heavy (non-hydrogen) atoms. The van der Waals surface area contributed by atoms with Crippen molar-refractivity contribution in [3.63, 3.8) is 0 Å². The van der Waals surface area contributed by atoms with Gasteiger partial charge in [-0.25, -0.2) is 13.8 Å². The van der Waals surface area contributed by atoms with Gasteiger partial charge in [-0.1, -0.05) is 11.6 Å². The fourth-order valence-electron chi connectivity index (χ4n) is 1.10. The molecule has 0 amide bonds. The first kappa shape index (κ1) is 11.5. The molecule has 0 aliphatic heterocycles. The topological polar surface area (TPSA) is 61.0 Å². The number of ether oxygens (including phenoxy) is 1. The highest BCUT2D eigenvalue weighted by molar-refractivity contribution is 6.32. The lowest BCUT2D eigenvalue weighted by Crippen LogP contribution is -1.98. The van der Waals surface area contributed by atoms with Gasteiger partial charge in [-0.15, -0.1) is 0 Å². The summed E-state index contributed by atoms with van der Waals surface area (Å²) in [5.41, 5.74) is 5.52. The molecule has 4 nitrogen and oxygen atoms in total. The Balaban J connectivity index is 2.35. The summed E-state index contributed by atoms with van der Waals surface area (Å²) in [5, 5.41) is -0.00230. The van der Waals surface area contributed by atoms with Crippen LogP contribution in [0.2, 0.25) is 5.15 Å². The molecule has 0 bridgehead atoms. The monoisotopic (exact) mass is 257 g/mol. The summed E-state index contributed by atoms with van der Waals surface area (Å²) < 4.78 is 31.0. The van der Waals surface area contributed by atoms with E-state index in [-0.39, 0.29) is 22.5 Å². The molecule has 0 spiro atoms. The van der Waals surface area contributed by atoms with E-state index < -0.39 is 11.6 Å². The molecule has 0 fully saturated rings. The van der Waals surface area contributed by atoms with Crippen molar-refractivity contribution in [2.75, 3.05) is 5.73 Å². The quantitative estimate of drug-likeness (QED) is 0.841. The van der Waals surface area contributed by atoms with Crippen molar-refractivity contribution < 1.29 is 13.5 Å². The Labute approximate surface area is 100 Å². The number of benzene rings is 1. The molecule has 0 unspecified atom stereocenters. The van der Waals surface area contributed by atoms with Crippen LogP contribution in [0.3, 0.4) is 0 Å². The van der Waals surface area contributed by atoms with E-state index in [1.165, 1.54) is 0 Å². The Kier molecular flexibility index (Phi) is 3.06. The minimum atomic E-state index is -0.862. The summed E-state index contributed by atoms with van der Waals surface area (Å²) in [6.45, 7) is 0. The predicted molar refractivity (Wildman–Crippen MR) is 57.9 cm³/mol. The fourth-order valence-corrected chi connectivity index (χ4v) is 1.23. The number of hydrogen-bond acceptors (Lipinski definition) is 4. The maximum Gasteiger partial charge on any atom is 0.247 e. The molecule has 0 radical (unpaired) electrons. The number of anilines is 1. The summed E-state index contributed by atoms with van der Waals surface area (Å²) in [6.07, 6.45) is 1.12. The van der Waals surface area contributed by atoms with E-state index in [9.17, 15) is 8.78 Å². The van der Waals surface area contributed by atoms with Crippen LogP contribution in [0.1, 0.15) is 0 Å². The maximum atomic E-state index is 13.3. The van der Waals surface area contributed by atoms with Gasteiger partial charge >= 0.3 is 0 Å². The van der Waals surface area contributed by atoms with E-state index in [2.05, 4.69) is 9.97 Å². The van der Waals surface area contributed by atoms with Crippen LogP contribution in [0.15, 0.2) is 24.5 Å². The Morgan fingerprint density at radius 3 is 2.71 bits per heavy atom. The van der Waals surface area contributed by atoms with Crippen LogP contribution < -0.4 is 10.5 Å². The first-order valence-electron chi connectivity index (χ1n) is 4.47. The molecule has 1 heterocycles. The van der Waals surface area contributed by atoms with Gasteiger partial charge in [-0.3, -0.25) is 0 Å².